The molecule has 0 aliphatic heterocycles. The Labute approximate surface area is 109 Å². The van der Waals surface area contributed by atoms with Gasteiger partial charge in [0.15, 0.2) is 0 Å². The topological polar surface area (TPSA) is 49.3 Å². The molecular formula is C15H23NO2. The Balaban J connectivity index is 2.27. The van der Waals surface area contributed by atoms with Crippen molar-refractivity contribution in [2.45, 2.75) is 33.6 Å². The van der Waals surface area contributed by atoms with E-state index in [4.69, 9.17) is 0 Å². The number of phenols is 1. The molecule has 0 heterocycles. The third-order valence-corrected chi connectivity index (χ3v) is 3.29. The number of hydrogen-bond acceptors (Lipinski definition) is 2. The number of hydrogen-bond donors (Lipinski definition) is 2. The van der Waals surface area contributed by atoms with Crippen molar-refractivity contribution in [2.75, 3.05) is 6.54 Å². The third-order valence-electron chi connectivity index (χ3n) is 3.29. The predicted molar refractivity (Wildman–Crippen MR) is 73.4 cm³/mol. The minimum absolute atomic E-state index is 0.108. The number of aromatic hydroxyl groups is 1. The lowest BCUT2D eigenvalue weighted by atomic mass is 9.94. The second kappa shape index (κ2) is 7.04. The molecule has 0 saturated heterocycles. The summed E-state index contributed by atoms with van der Waals surface area (Å²) in [5.41, 5.74) is 1.03. The van der Waals surface area contributed by atoms with Crippen LogP contribution in [0.2, 0.25) is 0 Å². The van der Waals surface area contributed by atoms with Crippen molar-refractivity contribution >= 4 is 5.91 Å². The molecule has 0 aliphatic rings. The maximum atomic E-state index is 11.7. The van der Waals surface area contributed by atoms with Crippen molar-refractivity contribution in [3.05, 3.63) is 29.8 Å². The molecule has 0 saturated carbocycles. The molecule has 3 heteroatoms. The van der Waals surface area contributed by atoms with Crippen LogP contribution in [0.15, 0.2) is 24.3 Å². The lowest BCUT2D eigenvalue weighted by Crippen LogP contribution is -2.28. The highest BCUT2D eigenvalue weighted by Crippen LogP contribution is 2.13. The molecule has 1 aromatic rings. The molecule has 0 bridgehead atoms. The van der Waals surface area contributed by atoms with Gasteiger partial charge in [-0.05, 0) is 36.0 Å². The predicted octanol–water partition coefficient (Wildman–Crippen LogP) is 2.73. The Kier molecular flexibility index (Phi) is 5.69. The normalized spacial score (nSPS) is 12.4. The van der Waals surface area contributed by atoms with Gasteiger partial charge in [-0.25, -0.2) is 0 Å². The van der Waals surface area contributed by atoms with Gasteiger partial charge in [0.25, 0.3) is 0 Å². The summed E-state index contributed by atoms with van der Waals surface area (Å²) in [5.74, 6) is 1.32. The maximum Gasteiger partial charge on any atom is 0.220 e. The summed E-state index contributed by atoms with van der Waals surface area (Å²) in [4.78, 5) is 11.7. The molecule has 0 spiro atoms. The van der Waals surface area contributed by atoms with Gasteiger partial charge in [0, 0.05) is 13.0 Å². The quantitative estimate of drug-likeness (QED) is 0.814. The molecule has 2 N–H and O–H groups in total. The smallest absolute Gasteiger partial charge is 0.220 e. The van der Waals surface area contributed by atoms with E-state index in [0.717, 1.165) is 12.0 Å². The molecule has 0 fully saturated rings. The van der Waals surface area contributed by atoms with E-state index in [0.29, 0.717) is 24.8 Å². The first-order valence-electron chi connectivity index (χ1n) is 6.53. The maximum absolute atomic E-state index is 11.7. The Morgan fingerprint density at radius 2 is 2.06 bits per heavy atom. The van der Waals surface area contributed by atoms with Crippen molar-refractivity contribution < 1.29 is 9.90 Å². The number of benzene rings is 1. The van der Waals surface area contributed by atoms with Crippen LogP contribution in [0.1, 0.15) is 32.8 Å². The highest BCUT2D eigenvalue weighted by molar-refractivity contribution is 5.76. The SMILES string of the molecule is CC(C)C(C)CC(=O)NCCc1cccc(O)c1. The molecule has 1 atom stereocenters. The number of rotatable bonds is 6. The summed E-state index contributed by atoms with van der Waals surface area (Å²) in [6, 6.07) is 7.13. The Bertz CT molecular complexity index is 388. The van der Waals surface area contributed by atoms with Gasteiger partial charge in [-0.15, -0.1) is 0 Å². The van der Waals surface area contributed by atoms with Gasteiger partial charge in [-0.3, -0.25) is 4.79 Å². The fourth-order valence-electron chi connectivity index (χ4n) is 1.66. The number of carbonyl (C=O) groups is 1. The summed E-state index contributed by atoms with van der Waals surface area (Å²) < 4.78 is 0. The zero-order valence-corrected chi connectivity index (χ0v) is 11.4. The van der Waals surface area contributed by atoms with E-state index in [2.05, 4.69) is 26.1 Å². The van der Waals surface area contributed by atoms with Crippen LogP contribution in [0.5, 0.6) is 5.75 Å². The summed E-state index contributed by atoms with van der Waals surface area (Å²) in [6.45, 7) is 6.97. The molecule has 1 unspecified atom stereocenters. The Morgan fingerprint density at radius 3 is 2.67 bits per heavy atom. The van der Waals surface area contributed by atoms with Crippen molar-refractivity contribution in [1.29, 1.82) is 0 Å². The largest absolute Gasteiger partial charge is 0.508 e. The van der Waals surface area contributed by atoms with E-state index >= 15 is 0 Å². The van der Waals surface area contributed by atoms with Crippen molar-refractivity contribution in [1.82, 2.24) is 5.32 Å². The standard InChI is InChI=1S/C15H23NO2/c1-11(2)12(3)9-15(18)16-8-7-13-5-4-6-14(17)10-13/h4-6,10-12,17H,7-9H2,1-3H3,(H,16,18). The van der Waals surface area contributed by atoms with E-state index in [1.54, 1.807) is 12.1 Å². The minimum Gasteiger partial charge on any atom is -0.508 e. The van der Waals surface area contributed by atoms with Crippen LogP contribution in [0.25, 0.3) is 0 Å². The second-order valence-electron chi connectivity index (χ2n) is 5.20. The summed E-state index contributed by atoms with van der Waals surface area (Å²) in [6.07, 6.45) is 1.33. The number of amides is 1. The first kappa shape index (κ1) is 14.6. The van der Waals surface area contributed by atoms with Crippen LogP contribution in [-0.4, -0.2) is 17.6 Å². The highest BCUT2D eigenvalue weighted by atomic mass is 16.3. The van der Waals surface area contributed by atoms with Gasteiger partial charge in [-0.2, -0.15) is 0 Å². The van der Waals surface area contributed by atoms with Crippen LogP contribution in [0.4, 0.5) is 0 Å². The van der Waals surface area contributed by atoms with Crippen LogP contribution in [-0.2, 0) is 11.2 Å². The fraction of sp³-hybridized carbons (Fsp3) is 0.533. The molecule has 1 rings (SSSR count). The minimum atomic E-state index is 0.108. The van der Waals surface area contributed by atoms with E-state index in [-0.39, 0.29) is 11.7 Å². The van der Waals surface area contributed by atoms with E-state index in [1.807, 2.05) is 12.1 Å². The monoisotopic (exact) mass is 249 g/mol. The van der Waals surface area contributed by atoms with Gasteiger partial charge in [0.1, 0.15) is 5.75 Å². The van der Waals surface area contributed by atoms with Gasteiger partial charge in [0.05, 0.1) is 0 Å². The molecule has 1 amide bonds. The molecule has 100 valence electrons. The van der Waals surface area contributed by atoms with E-state index < -0.39 is 0 Å². The highest BCUT2D eigenvalue weighted by Gasteiger charge is 2.11. The third kappa shape index (κ3) is 5.21. The summed E-state index contributed by atoms with van der Waals surface area (Å²) >= 11 is 0. The molecule has 0 aromatic heterocycles. The van der Waals surface area contributed by atoms with Crippen molar-refractivity contribution in [3.63, 3.8) is 0 Å². The van der Waals surface area contributed by atoms with Crippen LogP contribution >= 0.6 is 0 Å². The molecule has 3 nitrogen and oxygen atoms in total. The van der Waals surface area contributed by atoms with E-state index in [9.17, 15) is 9.90 Å². The molecule has 18 heavy (non-hydrogen) atoms. The molecule has 0 aliphatic carbocycles. The van der Waals surface area contributed by atoms with Crippen LogP contribution in [0, 0.1) is 11.8 Å². The first-order valence-corrected chi connectivity index (χ1v) is 6.53. The van der Waals surface area contributed by atoms with E-state index in [1.165, 1.54) is 0 Å². The average molecular weight is 249 g/mol. The van der Waals surface area contributed by atoms with Gasteiger partial charge in [0.2, 0.25) is 5.91 Å². The molecule has 0 radical (unpaired) electrons. The Hall–Kier alpha value is -1.51. The van der Waals surface area contributed by atoms with Crippen LogP contribution < -0.4 is 5.32 Å². The van der Waals surface area contributed by atoms with Gasteiger partial charge in [-0.1, -0.05) is 32.9 Å². The number of nitrogens with one attached hydrogen (secondary N) is 1. The summed E-state index contributed by atoms with van der Waals surface area (Å²) in [7, 11) is 0. The van der Waals surface area contributed by atoms with Crippen molar-refractivity contribution in [3.8, 4) is 5.75 Å². The number of phenolic OH excluding ortho intramolecular Hbond substituents is 1. The first-order chi connectivity index (χ1) is 8.49. The fourth-order valence-corrected chi connectivity index (χ4v) is 1.66. The molecular weight excluding hydrogens is 226 g/mol. The summed E-state index contributed by atoms with van der Waals surface area (Å²) in [5, 5.41) is 12.2. The molecule has 1 aromatic carbocycles. The zero-order valence-electron chi connectivity index (χ0n) is 11.4. The lowest BCUT2D eigenvalue weighted by Gasteiger charge is -2.14. The van der Waals surface area contributed by atoms with Gasteiger partial charge < -0.3 is 10.4 Å². The second-order valence-corrected chi connectivity index (χ2v) is 5.20. The van der Waals surface area contributed by atoms with Crippen molar-refractivity contribution in [2.24, 2.45) is 11.8 Å². The van der Waals surface area contributed by atoms with Crippen LogP contribution in [0.3, 0.4) is 0 Å². The zero-order chi connectivity index (χ0) is 13.5. The lowest BCUT2D eigenvalue weighted by molar-refractivity contribution is -0.122. The number of carbonyl (C=O) groups excluding carboxylic acids is 1. The van der Waals surface area contributed by atoms with Gasteiger partial charge >= 0.3 is 0 Å². The Morgan fingerprint density at radius 1 is 1.33 bits per heavy atom. The average Bonchev–Trinajstić information content (AvgIpc) is 2.28.